The van der Waals surface area contributed by atoms with E-state index in [1.54, 1.807) is 24.8 Å². The van der Waals surface area contributed by atoms with Crippen molar-refractivity contribution in [3.63, 3.8) is 0 Å². The number of hydrogen-bond acceptors (Lipinski definition) is 5. The number of ether oxygens (including phenoxy) is 1. The molecule has 0 aliphatic rings. The molecule has 2 heterocycles. The van der Waals surface area contributed by atoms with E-state index in [1.165, 1.54) is 10.4 Å². The monoisotopic (exact) mass is 277 g/mol. The first-order chi connectivity index (χ1) is 9.26. The fourth-order valence-corrected chi connectivity index (χ4v) is 2.72. The summed E-state index contributed by atoms with van der Waals surface area (Å²) in [7, 11) is 1.62. The third kappa shape index (κ3) is 3.30. The molecular formula is C14H19N3OS. The number of thiophene rings is 1. The van der Waals surface area contributed by atoms with Gasteiger partial charge in [0.25, 0.3) is 0 Å². The summed E-state index contributed by atoms with van der Waals surface area (Å²) in [6, 6.07) is 4.15. The van der Waals surface area contributed by atoms with Crippen molar-refractivity contribution in [1.82, 2.24) is 15.3 Å². The molecule has 1 atom stereocenters. The molecule has 102 valence electrons. The number of nitrogens with zero attached hydrogens (tertiary/aromatic N) is 2. The fourth-order valence-electron chi connectivity index (χ4n) is 1.98. The molecule has 0 saturated carbocycles. The summed E-state index contributed by atoms with van der Waals surface area (Å²) in [5.41, 5.74) is 2.22. The van der Waals surface area contributed by atoms with Gasteiger partial charge in [-0.25, -0.2) is 9.97 Å². The van der Waals surface area contributed by atoms with Crippen molar-refractivity contribution in [2.24, 2.45) is 0 Å². The Balaban J connectivity index is 2.34. The van der Waals surface area contributed by atoms with Crippen molar-refractivity contribution >= 4 is 11.3 Å². The molecule has 0 aromatic carbocycles. The van der Waals surface area contributed by atoms with E-state index >= 15 is 0 Å². The largest absolute Gasteiger partial charge is 0.481 e. The summed E-state index contributed by atoms with van der Waals surface area (Å²) in [5, 5.41) is 5.66. The Kier molecular flexibility index (Phi) is 4.87. The number of aryl methyl sites for hydroxylation is 1. The van der Waals surface area contributed by atoms with E-state index in [1.807, 2.05) is 6.07 Å². The zero-order valence-corrected chi connectivity index (χ0v) is 12.3. The van der Waals surface area contributed by atoms with E-state index in [9.17, 15) is 0 Å². The van der Waals surface area contributed by atoms with Gasteiger partial charge in [0.05, 0.1) is 18.8 Å². The summed E-state index contributed by atoms with van der Waals surface area (Å²) < 4.78 is 5.18. The van der Waals surface area contributed by atoms with Gasteiger partial charge < -0.3 is 10.1 Å². The highest BCUT2D eigenvalue weighted by atomic mass is 32.1. The molecule has 4 nitrogen and oxygen atoms in total. The zero-order chi connectivity index (χ0) is 13.7. The Labute approximate surface area is 117 Å². The van der Waals surface area contributed by atoms with Gasteiger partial charge in [-0.05, 0) is 36.9 Å². The third-order valence-electron chi connectivity index (χ3n) is 2.98. The average Bonchev–Trinajstić information content (AvgIpc) is 2.86. The molecule has 0 radical (unpaired) electrons. The van der Waals surface area contributed by atoms with E-state index < -0.39 is 0 Å². The first-order valence-corrected chi connectivity index (χ1v) is 7.27. The van der Waals surface area contributed by atoms with Crippen LogP contribution in [0.4, 0.5) is 0 Å². The summed E-state index contributed by atoms with van der Waals surface area (Å²) in [6.45, 7) is 5.25. The molecule has 2 aromatic rings. The predicted octanol–water partition coefficient (Wildman–Crippen LogP) is 2.94. The van der Waals surface area contributed by atoms with Gasteiger partial charge in [0.2, 0.25) is 5.88 Å². The molecular weight excluding hydrogens is 258 g/mol. The van der Waals surface area contributed by atoms with Gasteiger partial charge in [0.15, 0.2) is 0 Å². The quantitative estimate of drug-likeness (QED) is 0.882. The lowest BCUT2D eigenvalue weighted by Gasteiger charge is -2.18. The lowest BCUT2D eigenvalue weighted by molar-refractivity contribution is 0.394. The Morgan fingerprint density at radius 2 is 2.26 bits per heavy atom. The van der Waals surface area contributed by atoms with E-state index in [2.05, 4.69) is 40.6 Å². The van der Waals surface area contributed by atoms with Crippen molar-refractivity contribution in [2.45, 2.75) is 26.3 Å². The second kappa shape index (κ2) is 6.63. The minimum absolute atomic E-state index is 0.100. The molecule has 0 aliphatic heterocycles. The molecule has 1 unspecified atom stereocenters. The van der Waals surface area contributed by atoms with Gasteiger partial charge in [-0.15, -0.1) is 11.3 Å². The Morgan fingerprint density at radius 3 is 2.89 bits per heavy atom. The number of nitrogens with one attached hydrogen (secondary N) is 1. The van der Waals surface area contributed by atoms with Crippen LogP contribution >= 0.6 is 11.3 Å². The zero-order valence-electron chi connectivity index (χ0n) is 11.5. The van der Waals surface area contributed by atoms with Gasteiger partial charge in [0.1, 0.15) is 6.33 Å². The summed E-state index contributed by atoms with van der Waals surface area (Å²) in [4.78, 5) is 9.77. The number of aromatic nitrogens is 2. The summed E-state index contributed by atoms with van der Waals surface area (Å²) in [6.07, 6.45) is 2.64. The van der Waals surface area contributed by atoms with Crippen molar-refractivity contribution in [3.8, 4) is 5.88 Å². The topological polar surface area (TPSA) is 47.0 Å². The maximum Gasteiger partial charge on any atom is 0.216 e. The van der Waals surface area contributed by atoms with Crippen LogP contribution in [0.15, 0.2) is 23.8 Å². The van der Waals surface area contributed by atoms with Gasteiger partial charge in [-0.1, -0.05) is 6.92 Å². The third-order valence-corrected chi connectivity index (χ3v) is 3.84. The highest BCUT2D eigenvalue weighted by molar-refractivity contribution is 7.10. The standard InChI is InChI=1S/C14H19N3OS/c1-4-6-15-14(11-5-7-19-10(11)2)12-8-13(18-3)17-9-16-12/h5,7-9,14-15H,4,6H2,1-3H3. The van der Waals surface area contributed by atoms with Crippen molar-refractivity contribution in [3.05, 3.63) is 40.0 Å². The fraction of sp³-hybridized carbons (Fsp3) is 0.429. The minimum Gasteiger partial charge on any atom is -0.481 e. The molecule has 5 heteroatoms. The molecule has 1 N–H and O–H groups in total. The molecule has 0 bridgehead atoms. The van der Waals surface area contributed by atoms with Crippen molar-refractivity contribution < 1.29 is 4.74 Å². The van der Waals surface area contributed by atoms with Crippen LogP contribution < -0.4 is 10.1 Å². The number of hydrogen-bond donors (Lipinski definition) is 1. The molecule has 0 spiro atoms. The highest BCUT2D eigenvalue weighted by Crippen LogP contribution is 2.28. The first-order valence-electron chi connectivity index (χ1n) is 6.39. The maximum atomic E-state index is 5.18. The second-order valence-corrected chi connectivity index (χ2v) is 5.42. The highest BCUT2D eigenvalue weighted by Gasteiger charge is 2.18. The maximum absolute atomic E-state index is 5.18. The molecule has 2 rings (SSSR count). The minimum atomic E-state index is 0.100. The normalized spacial score (nSPS) is 12.4. The Bertz CT molecular complexity index is 527. The van der Waals surface area contributed by atoms with Gasteiger partial charge >= 0.3 is 0 Å². The van der Waals surface area contributed by atoms with Gasteiger partial charge in [-0.2, -0.15) is 0 Å². The molecule has 0 amide bonds. The van der Waals surface area contributed by atoms with E-state index in [0.29, 0.717) is 5.88 Å². The molecule has 0 fully saturated rings. The van der Waals surface area contributed by atoms with Crippen LogP contribution in [0.1, 0.15) is 35.5 Å². The number of rotatable bonds is 6. The SMILES string of the molecule is CCCNC(c1cc(OC)ncn1)c1ccsc1C. The van der Waals surface area contributed by atoms with Crippen LogP contribution in [0.25, 0.3) is 0 Å². The van der Waals surface area contributed by atoms with Gasteiger partial charge in [0, 0.05) is 10.9 Å². The second-order valence-electron chi connectivity index (χ2n) is 4.30. The Hall–Kier alpha value is -1.46. The smallest absolute Gasteiger partial charge is 0.216 e. The number of methoxy groups -OCH3 is 1. The summed E-state index contributed by atoms with van der Waals surface area (Å²) in [5.74, 6) is 0.598. The van der Waals surface area contributed by atoms with E-state index in [-0.39, 0.29) is 6.04 Å². The molecule has 0 aliphatic carbocycles. The van der Waals surface area contributed by atoms with Crippen LogP contribution in [0.5, 0.6) is 5.88 Å². The van der Waals surface area contributed by atoms with Crippen LogP contribution in [0.2, 0.25) is 0 Å². The van der Waals surface area contributed by atoms with E-state index in [4.69, 9.17) is 4.74 Å². The molecule has 19 heavy (non-hydrogen) atoms. The van der Waals surface area contributed by atoms with Gasteiger partial charge in [-0.3, -0.25) is 0 Å². The lowest BCUT2D eigenvalue weighted by atomic mass is 10.0. The lowest BCUT2D eigenvalue weighted by Crippen LogP contribution is -2.24. The average molecular weight is 277 g/mol. The summed E-state index contributed by atoms with van der Waals surface area (Å²) >= 11 is 1.76. The Morgan fingerprint density at radius 1 is 1.42 bits per heavy atom. The van der Waals surface area contributed by atoms with Crippen LogP contribution in [-0.4, -0.2) is 23.6 Å². The predicted molar refractivity (Wildman–Crippen MR) is 77.8 cm³/mol. The van der Waals surface area contributed by atoms with Crippen LogP contribution in [0, 0.1) is 6.92 Å². The van der Waals surface area contributed by atoms with Crippen molar-refractivity contribution in [2.75, 3.05) is 13.7 Å². The van der Waals surface area contributed by atoms with Crippen LogP contribution in [-0.2, 0) is 0 Å². The first kappa shape index (κ1) is 14.0. The van der Waals surface area contributed by atoms with Crippen molar-refractivity contribution in [1.29, 1.82) is 0 Å². The molecule has 0 saturated heterocycles. The van der Waals surface area contributed by atoms with Crippen LogP contribution in [0.3, 0.4) is 0 Å². The molecule has 2 aromatic heterocycles. The van der Waals surface area contributed by atoms with E-state index in [0.717, 1.165) is 18.7 Å².